The predicted molar refractivity (Wildman–Crippen MR) is 86.1 cm³/mol. The zero-order valence-corrected chi connectivity index (χ0v) is 12.4. The number of hydrogen-bond acceptors (Lipinski definition) is 4. The molecule has 6 heteroatoms. The third-order valence-electron chi connectivity index (χ3n) is 3.17. The standard InChI is InChI=1S/C16H17N3O3/c1-11-6-7-15(12(2)8-11)18-16(20)10-17-13-4-3-5-14(9-13)19(21)22/h3-9,17H,10H2,1-2H3,(H,18,20). The van der Waals surface area contributed by atoms with Crippen molar-refractivity contribution in [1.29, 1.82) is 0 Å². The number of nitro groups is 1. The first-order valence-electron chi connectivity index (χ1n) is 6.81. The maximum Gasteiger partial charge on any atom is 0.271 e. The van der Waals surface area contributed by atoms with Gasteiger partial charge in [-0.25, -0.2) is 0 Å². The smallest absolute Gasteiger partial charge is 0.271 e. The SMILES string of the molecule is Cc1ccc(NC(=O)CNc2cccc([N+](=O)[O-])c2)c(C)c1. The van der Waals surface area contributed by atoms with Crippen molar-refractivity contribution in [1.82, 2.24) is 0 Å². The van der Waals surface area contributed by atoms with E-state index in [1.807, 2.05) is 32.0 Å². The summed E-state index contributed by atoms with van der Waals surface area (Å²) < 4.78 is 0. The van der Waals surface area contributed by atoms with Gasteiger partial charge in [0.05, 0.1) is 11.5 Å². The van der Waals surface area contributed by atoms with E-state index in [-0.39, 0.29) is 18.1 Å². The van der Waals surface area contributed by atoms with Gasteiger partial charge in [0.25, 0.3) is 5.69 Å². The van der Waals surface area contributed by atoms with E-state index in [1.54, 1.807) is 12.1 Å². The zero-order chi connectivity index (χ0) is 16.1. The molecule has 0 radical (unpaired) electrons. The van der Waals surface area contributed by atoms with E-state index in [2.05, 4.69) is 10.6 Å². The second-order valence-electron chi connectivity index (χ2n) is 5.03. The quantitative estimate of drug-likeness (QED) is 0.655. The summed E-state index contributed by atoms with van der Waals surface area (Å²) in [6.07, 6.45) is 0. The Labute approximate surface area is 128 Å². The molecule has 2 aromatic carbocycles. The maximum absolute atomic E-state index is 11.9. The van der Waals surface area contributed by atoms with E-state index in [1.165, 1.54) is 12.1 Å². The van der Waals surface area contributed by atoms with Gasteiger partial charge in [-0.15, -0.1) is 0 Å². The van der Waals surface area contributed by atoms with Gasteiger partial charge >= 0.3 is 0 Å². The van der Waals surface area contributed by atoms with Crippen molar-refractivity contribution in [3.05, 3.63) is 63.7 Å². The molecule has 2 rings (SSSR count). The molecular weight excluding hydrogens is 282 g/mol. The van der Waals surface area contributed by atoms with Crippen LogP contribution < -0.4 is 10.6 Å². The lowest BCUT2D eigenvalue weighted by Crippen LogP contribution is -2.22. The Bertz CT molecular complexity index is 714. The lowest BCUT2D eigenvalue weighted by atomic mass is 10.1. The molecule has 0 aliphatic carbocycles. The monoisotopic (exact) mass is 299 g/mol. The topological polar surface area (TPSA) is 84.3 Å². The molecule has 0 heterocycles. The molecule has 2 aromatic rings. The summed E-state index contributed by atoms with van der Waals surface area (Å²) in [6.45, 7) is 3.95. The van der Waals surface area contributed by atoms with Gasteiger partial charge < -0.3 is 10.6 Å². The summed E-state index contributed by atoms with van der Waals surface area (Å²) in [5.41, 5.74) is 3.40. The molecule has 0 aliphatic heterocycles. The van der Waals surface area contributed by atoms with Crippen LogP contribution in [0.2, 0.25) is 0 Å². The van der Waals surface area contributed by atoms with Gasteiger partial charge in [0.1, 0.15) is 0 Å². The highest BCUT2D eigenvalue weighted by Crippen LogP contribution is 2.18. The summed E-state index contributed by atoms with van der Waals surface area (Å²) >= 11 is 0. The van der Waals surface area contributed by atoms with Crippen molar-refractivity contribution in [2.24, 2.45) is 0 Å². The lowest BCUT2D eigenvalue weighted by Gasteiger charge is -2.10. The summed E-state index contributed by atoms with van der Waals surface area (Å²) in [5, 5.41) is 16.4. The fourth-order valence-electron chi connectivity index (χ4n) is 2.06. The first-order chi connectivity index (χ1) is 10.5. The number of hydrogen-bond donors (Lipinski definition) is 2. The van der Waals surface area contributed by atoms with Gasteiger partial charge in [0, 0.05) is 23.5 Å². The molecule has 114 valence electrons. The highest BCUT2D eigenvalue weighted by atomic mass is 16.6. The number of carbonyl (C=O) groups is 1. The molecule has 0 aromatic heterocycles. The molecule has 0 spiro atoms. The van der Waals surface area contributed by atoms with E-state index in [0.717, 1.165) is 16.8 Å². The average Bonchev–Trinajstić information content (AvgIpc) is 2.48. The fraction of sp³-hybridized carbons (Fsp3) is 0.188. The van der Waals surface area contributed by atoms with Crippen LogP contribution in [0, 0.1) is 24.0 Å². The first kappa shape index (κ1) is 15.5. The third kappa shape index (κ3) is 4.05. The van der Waals surface area contributed by atoms with Crippen molar-refractivity contribution in [3.8, 4) is 0 Å². The normalized spacial score (nSPS) is 10.1. The largest absolute Gasteiger partial charge is 0.376 e. The highest BCUT2D eigenvalue weighted by Gasteiger charge is 2.08. The first-order valence-corrected chi connectivity index (χ1v) is 6.81. The van der Waals surface area contributed by atoms with Crippen LogP contribution in [0.25, 0.3) is 0 Å². The Morgan fingerprint density at radius 3 is 2.64 bits per heavy atom. The van der Waals surface area contributed by atoms with Crippen molar-refractivity contribution in [3.63, 3.8) is 0 Å². The van der Waals surface area contributed by atoms with Crippen LogP contribution in [-0.4, -0.2) is 17.4 Å². The van der Waals surface area contributed by atoms with Gasteiger partial charge in [0.2, 0.25) is 5.91 Å². The number of carbonyl (C=O) groups excluding carboxylic acids is 1. The van der Waals surface area contributed by atoms with Crippen LogP contribution in [0.5, 0.6) is 0 Å². The lowest BCUT2D eigenvalue weighted by molar-refractivity contribution is -0.384. The third-order valence-corrected chi connectivity index (χ3v) is 3.17. The Morgan fingerprint density at radius 1 is 1.18 bits per heavy atom. The van der Waals surface area contributed by atoms with Gasteiger partial charge in [-0.3, -0.25) is 14.9 Å². The van der Waals surface area contributed by atoms with Gasteiger partial charge in [-0.2, -0.15) is 0 Å². The van der Waals surface area contributed by atoms with Crippen LogP contribution in [-0.2, 0) is 4.79 Å². The summed E-state index contributed by atoms with van der Waals surface area (Å²) in [4.78, 5) is 22.2. The molecule has 22 heavy (non-hydrogen) atoms. The summed E-state index contributed by atoms with van der Waals surface area (Å²) in [6, 6.07) is 11.8. The van der Waals surface area contributed by atoms with Crippen LogP contribution in [0.1, 0.15) is 11.1 Å². The second kappa shape index (κ2) is 6.71. The van der Waals surface area contributed by atoms with Gasteiger partial charge in [-0.1, -0.05) is 23.8 Å². The molecule has 0 unspecified atom stereocenters. The number of benzene rings is 2. The molecule has 0 fully saturated rings. The molecule has 0 saturated carbocycles. The van der Waals surface area contributed by atoms with Gasteiger partial charge in [-0.05, 0) is 31.5 Å². The number of nitrogens with zero attached hydrogens (tertiary/aromatic N) is 1. The Morgan fingerprint density at radius 2 is 1.95 bits per heavy atom. The van der Waals surface area contributed by atoms with E-state index in [9.17, 15) is 14.9 Å². The van der Waals surface area contributed by atoms with E-state index >= 15 is 0 Å². The fourth-order valence-corrected chi connectivity index (χ4v) is 2.06. The molecule has 0 saturated heterocycles. The zero-order valence-electron chi connectivity index (χ0n) is 12.4. The number of non-ortho nitro benzene ring substituents is 1. The highest BCUT2D eigenvalue weighted by molar-refractivity contribution is 5.94. The molecule has 0 aliphatic rings. The number of nitrogens with one attached hydrogen (secondary N) is 2. The number of aryl methyl sites for hydroxylation is 2. The predicted octanol–water partition coefficient (Wildman–Crippen LogP) is 3.26. The van der Waals surface area contributed by atoms with Crippen LogP contribution in [0.15, 0.2) is 42.5 Å². The Kier molecular flexibility index (Phi) is 4.73. The average molecular weight is 299 g/mol. The number of amides is 1. The minimum absolute atomic E-state index is 0.0141. The summed E-state index contributed by atoms with van der Waals surface area (Å²) in [7, 11) is 0. The number of nitro benzene ring substituents is 1. The van der Waals surface area contributed by atoms with Crippen LogP contribution in [0.3, 0.4) is 0 Å². The van der Waals surface area contributed by atoms with Crippen LogP contribution in [0.4, 0.5) is 17.1 Å². The van der Waals surface area contributed by atoms with Crippen molar-refractivity contribution in [2.75, 3.05) is 17.2 Å². The molecule has 2 N–H and O–H groups in total. The maximum atomic E-state index is 11.9. The molecule has 1 amide bonds. The Hall–Kier alpha value is -2.89. The van der Waals surface area contributed by atoms with E-state index in [0.29, 0.717) is 5.69 Å². The van der Waals surface area contributed by atoms with Crippen molar-refractivity contribution >= 4 is 23.0 Å². The summed E-state index contributed by atoms with van der Waals surface area (Å²) in [5.74, 6) is -0.210. The Balaban J connectivity index is 1.95. The second-order valence-corrected chi connectivity index (χ2v) is 5.03. The van der Waals surface area contributed by atoms with Crippen LogP contribution >= 0.6 is 0 Å². The number of anilines is 2. The molecule has 0 atom stereocenters. The minimum Gasteiger partial charge on any atom is -0.376 e. The van der Waals surface area contributed by atoms with Crippen molar-refractivity contribution < 1.29 is 9.72 Å². The van der Waals surface area contributed by atoms with E-state index in [4.69, 9.17) is 0 Å². The van der Waals surface area contributed by atoms with Gasteiger partial charge in [0.15, 0.2) is 0 Å². The molecule has 6 nitrogen and oxygen atoms in total. The minimum atomic E-state index is -0.471. The molecular formula is C16H17N3O3. The number of rotatable bonds is 5. The molecule has 0 bridgehead atoms. The van der Waals surface area contributed by atoms with E-state index < -0.39 is 4.92 Å². The van der Waals surface area contributed by atoms with Crippen molar-refractivity contribution in [2.45, 2.75) is 13.8 Å².